The first-order valence-electron chi connectivity index (χ1n) is 6.25. The van der Waals surface area contributed by atoms with Crippen molar-refractivity contribution < 1.29 is 18.4 Å². The Labute approximate surface area is 114 Å². The SMILES string of the molecule is O=[N+]([O-])c1c(F)cc(F)cc1NCCN1CCOCC1. The molecule has 1 fully saturated rings. The van der Waals surface area contributed by atoms with Gasteiger partial charge in [-0.25, -0.2) is 4.39 Å². The van der Waals surface area contributed by atoms with E-state index in [0.29, 0.717) is 32.4 Å². The van der Waals surface area contributed by atoms with E-state index >= 15 is 0 Å². The molecule has 1 aliphatic rings. The van der Waals surface area contributed by atoms with Crippen LogP contribution < -0.4 is 5.32 Å². The third-order valence-electron chi connectivity index (χ3n) is 3.06. The van der Waals surface area contributed by atoms with Crippen LogP contribution in [0.5, 0.6) is 0 Å². The Kier molecular flexibility index (Phi) is 4.80. The van der Waals surface area contributed by atoms with Crippen LogP contribution in [-0.2, 0) is 4.74 Å². The van der Waals surface area contributed by atoms with Crippen molar-refractivity contribution in [1.82, 2.24) is 4.90 Å². The van der Waals surface area contributed by atoms with Crippen LogP contribution in [0.1, 0.15) is 0 Å². The minimum atomic E-state index is -1.18. The molecule has 6 nitrogen and oxygen atoms in total. The zero-order chi connectivity index (χ0) is 14.5. The predicted molar refractivity (Wildman–Crippen MR) is 68.8 cm³/mol. The van der Waals surface area contributed by atoms with E-state index in [-0.39, 0.29) is 5.69 Å². The lowest BCUT2D eigenvalue weighted by molar-refractivity contribution is -0.386. The van der Waals surface area contributed by atoms with E-state index in [9.17, 15) is 18.9 Å². The summed E-state index contributed by atoms with van der Waals surface area (Å²) in [5.41, 5.74) is -0.867. The van der Waals surface area contributed by atoms with Crippen LogP contribution in [0, 0.1) is 21.7 Å². The highest BCUT2D eigenvalue weighted by Gasteiger charge is 2.22. The molecule has 8 heteroatoms. The number of rotatable bonds is 5. The largest absolute Gasteiger partial charge is 0.379 e. The molecule has 0 unspecified atom stereocenters. The lowest BCUT2D eigenvalue weighted by Crippen LogP contribution is -2.39. The Morgan fingerprint density at radius 3 is 2.70 bits per heavy atom. The van der Waals surface area contributed by atoms with Gasteiger partial charge in [0.1, 0.15) is 11.5 Å². The lowest BCUT2D eigenvalue weighted by atomic mass is 10.2. The smallest absolute Gasteiger partial charge is 0.327 e. The van der Waals surface area contributed by atoms with Crippen LogP contribution in [0.4, 0.5) is 20.2 Å². The van der Waals surface area contributed by atoms with E-state index in [2.05, 4.69) is 10.2 Å². The summed E-state index contributed by atoms with van der Waals surface area (Å²) in [6.45, 7) is 3.84. The molecule has 1 heterocycles. The van der Waals surface area contributed by atoms with Gasteiger partial charge in [0.2, 0.25) is 5.82 Å². The molecule has 0 aromatic heterocycles. The van der Waals surface area contributed by atoms with Crippen molar-refractivity contribution in [2.45, 2.75) is 0 Å². The summed E-state index contributed by atoms with van der Waals surface area (Å²) in [4.78, 5) is 12.0. The van der Waals surface area contributed by atoms with Crippen LogP contribution in [0.15, 0.2) is 12.1 Å². The molecule has 0 spiro atoms. The van der Waals surface area contributed by atoms with E-state index in [1.165, 1.54) is 0 Å². The highest BCUT2D eigenvalue weighted by molar-refractivity contribution is 5.62. The molecule has 0 bridgehead atoms. The highest BCUT2D eigenvalue weighted by Crippen LogP contribution is 2.28. The molecule has 1 saturated heterocycles. The normalized spacial score (nSPS) is 16.1. The fourth-order valence-electron chi connectivity index (χ4n) is 2.06. The third-order valence-corrected chi connectivity index (χ3v) is 3.06. The van der Waals surface area contributed by atoms with E-state index in [4.69, 9.17) is 4.74 Å². The molecule has 110 valence electrons. The number of benzene rings is 1. The first-order valence-corrected chi connectivity index (χ1v) is 6.25. The molecular weight excluding hydrogens is 272 g/mol. The van der Waals surface area contributed by atoms with E-state index in [0.717, 1.165) is 19.2 Å². The Hall–Kier alpha value is -1.80. The molecule has 1 N–H and O–H groups in total. The minimum Gasteiger partial charge on any atom is -0.379 e. The molecule has 0 amide bonds. The number of nitrogens with one attached hydrogen (secondary N) is 1. The van der Waals surface area contributed by atoms with Gasteiger partial charge < -0.3 is 10.1 Å². The summed E-state index contributed by atoms with van der Waals surface area (Å²) in [7, 11) is 0. The molecule has 1 aliphatic heterocycles. The van der Waals surface area contributed by atoms with E-state index in [1.807, 2.05) is 0 Å². The number of nitrogens with zero attached hydrogens (tertiary/aromatic N) is 2. The first kappa shape index (κ1) is 14.6. The summed E-state index contributed by atoms with van der Waals surface area (Å²) in [5.74, 6) is -2.02. The Bertz CT molecular complexity index is 493. The summed E-state index contributed by atoms with van der Waals surface area (Å²) >= 11 is 0. The third kappa shape index (κ3) is 3.61. The molecule has 0 radical (unpaired) electrons. The second-order valence-electron chi connectivity index (χ2n) is 4.42. The molecule has 0 atom stereocenters. The maximum Gasteiger partial charge on any atom is 0.327 e. The standard InChI is InChI=1S/C12H15F2N3O3/c13-9-7-10(14)12(17(18)19)11(8-9)15-1-2-16-3-5-20-6-4-16/h7-8,15H,1-6H2. The molecule has 1 aromatic rings. The van der Waals surface area contributed by atoms with Crippen molar-refractivity contribution in [2.24, 2.45) is 0 Å². The first-order chi connectivity index (χ1) is 9.58. The number of nitro benzene ring substituents is 1. The van der Waals surface area contributed by atoms with Gasteiger partial charge in [-0.1, -0.05) is 0 Å². The minimum absolute atomic E-state index is 0.138. The number of ether oxygens (including phenoxy) is 1. The molecule has 1 aromatic carbocycles. The Morgan fingerprint density at radius 1 is 1.35 bits per heavy atom. The number of morpholine rings is 1. The fourth-order valence-corrected chi connectivity index (χ4v) is 2.06. The van der Waals surface area contributed by atoms with Gasteiger partial charge in [0.25, 0.3) is 0 Å². The maximum atomic E-state index is 13.4. The van der Waals surface area contributed by atoms with Crippen molar-refractivity contribution in [1.29, 1.82) is 0 Å². The Morgan fingerprint density at radius 2 is 2.05 bits per heavy atom. The number of halogens is 2. The number of nitro groups is 1. The average Bonchev–Trinajstić information content (AvgIpc) is 2.38. The van der Waals surface area contributed by atoms with Crippen molar-refractivity contribution in [3.63, 3.8) is 0 Å². The quantitative estimate of drug-likeness (QED) is 0.658. The highest BCUT2D eigenvalue weighted by atomic mass is 19.1. The van der Waals surface area contributed by atoms with Crippen LogP contribution in [0.2, 0.25) is 0 Å². The van der Waals surface area contributed by atoms with E-state index in [1.54, 1.807) is 0 Å². The topological polar surface area (TPSA) is 67.6 Å². The van der Waals surface area contributed by atoms with Crippen LogP contribution in [0.25, 0.3) is 0 Å². The predicted octanol–water partition coefficient (Wildman–Crippen LogP) is 1.62. The van der Waals surface area contributed by atoms with Gasteiger partial charge in [0.15, 0.2) is 0 Å². The molecule has 0 aliphatic carbocycles. The van der Waals surface area contributed by atoms with Gasteiger partial charge in [0.05, 0.1) is 18.1 Å². The van der Waals surface area contributed by atoms with Gasteiger partial charge in [-0.2, -0.15) is 4.39 Å². The van der Waals surface area contributed by atoms with Gasteiger partial charge in [-0.05, 0) is 0 Å². The number of anilines is 1. The van der Waals surface area contributed by atoms with Gasteiger partial charge in [-0.15, -0.1) is 0 Å². The molecule has 20 heavy (non-hydrogen) atoms. The van der Waals surface area contributed by atoms with Gasteiger partial charge >= 0.3 is 5.69 Å². The van der Waals surface area contributed by atoms with E-state index < -0.39 is 22.2 Å². The maximum absolute atomic E-state index is 13.4. The number of hydrogen-bond acceptors (Lipinski definition) is 5. The molecule has 0 saturated carbocycles. The van der Waals surface area contributed by atoms with Crippen LogP contribution in [0.3, 0.4) is 0 Å². The molecule has 2 rings (SSSR count). The molecular formula is C12H15F2N3O3. The summed E-state index contributed by atoms with van der Waals surface area (Å²) in [6.07, 6.45) is 0. The monoisotopic (exact) mass is 287 g/mol. The van der Waals surface area contributed by atoms with Gasteiger partial charge in [0, 0.05) is 38.3 Å². The Balaban J connectivity index is 1.99. The summed E-state index contributed by atoms with van der Waals surface area (Å²) < 4.78 is 31.7. The lowest BCUT2D eigenvalue weighted by Gasteiger charge is -2.26. The summed E-state index contributed by atoms with van der Waals surface area (Å²) in [5, 5.41) is 13.5. The second kappa shape index (κ2) is 6.58. The summed E-state index contributed by atoms with van der Waals surface area (Å²) in [6, 6.07) is 1.44. The average molecular weight is 287 g/mol. The zero-order valence-corrected chi connectivity index (χ0v) is 10.8. The zero-order valence-electron chi connectivity index (χ0n) is 10.8. The van der Waals surface area contributed by atoms with Crippen molar-refractivity contribution in [2.75, 3.05) is 44.7 Å². The van der Waals surface area contributed by atoms with Crippen molar-refractivity contribution in [3.8, 4) is 0 Å². The van der Waals surface area contributed by atoms with Crippen molar-refractivity contribution >= 4 is 11.4 Å². The fraction of sp³-hybridized carbons (Fsp3) is 0.500. The van der Waals surface area contributed by atoms with Crippen LogP contribution in [-0.4, -0.2) is 49.2 Å². The van der Waals surface area contributed by atoms with Gasteiger partial charge in [-0.3, -0.25) is 15.0 Å². The van der Waals surface area contributed by atoms with Crippen molar-refractivity contribution in [3.05, 3.63) is 33.9 Å². The number of hydrogen-bond donors (Lipinski definition) is 1. The second-order valence-corrected chi connectivity index (χ2v) is 4.42. The van der Waals surface area contributed by atoms with Crippen LogP contribution >= 0.6 is 0 Å².